The maximum Gasteiger partial charge on any atom is 0.253 e. The smallest absolute Gasteiger partial charge is 0.253 e. The summed E-state index contributed by atoms with van der Waals surface area (Å²) in [5.74, 6) is 1.42. The Morgan fingerprint density at radius 1 is 1.13 bits per heavy atom. The summed E-state index contributed by atoms with van der Waals surface area (Å²) in [6, 6.07) is 16.8. The van der Waals surface area contributed by atoms with Gasteiger partial charge in [-0.1, -0.05) is 11.6 Å². The molecule has 3 aromatic rings. The van der Waals surface area contributed by atoms with Gasteiger partial charge in [-0.15, -0.1) is 0 Å². The minimum Gasteiger partial charge on any atom is -0.494 e. The molecular formula is C24H23ClN4O2. The Labute approximate surface area is 186 Å². The zero-order valence-corrected chi connectivity index (χ0v) is 18.1. The van der Waals surface area contributed by atoms with Gasteiger partial charge < -0.3 is 14.5 Å². The Morgan fingerprint density at radius 2 is 1.94 bits per heavy atom. The van der Waals surface area contributed by atoms with Gasteiger partial charge in [0.1, 0.15) is 17.6 Å². The van der Waals surface area contributed by atoms with E-state index in [2.05, 4.69) is 11.0 Å². The van der Waals surface area contributed by atoms with Crippen molar-refractivity contribution < 1.29 is 9.53 Å². The predicted molar refractivity (Wildman–Crippen MR) is 122 cm³/mol. The Balaban J connectivity index is 1.55. The van der Waals surface area contributed by atoms with Crippen LogP contribution in [-0.2, 0) is 0 Å². The highest BCUT2D eigenvalue weighted by atomic mass is 35.5. The highest BCUT2D eigenvalue weighted by molar-refractivity contribution is 6.30. The summed E-state index contributed by atoms with van der Waals surface area (Å²) >= 11 is 5.94. The van der Waals surface area contributed by atoms with Crippen LogP contribution in [0.5, 0.6) is 5.75 Å². The van der Waals surface area contributed by atoms with E-state index in [1.807, 2.05) is 36.1 Å². The van der Waals surface area contributed by atoms with Gasteiger partial charge >= 0.3 is 0 Å². The summed E-state index contributed by atoms with van der Waals surface area (Å²) in [5.41, 5.74) is 1.97. The number of amides is 1. The van der Waals surface area contributed by atoms with Crippen molar-refractivity contribution >= 4 is 34.2 Å². The molecule has 0 radical (unpaired) electrons. The molecule has 0 unspecified atom stereocenters. The monoisotopic (exact) mass is 434 g/mol. The summed E-state index contributed by atoms with van der Waals surface area (Å²) < 4.78 is 5.56. The number of hydrogen-bond donors (Lipinski definition) is 0. The van der Waals surface area contributed by atoms with Gasteiger partial charge in [0.25, 0.3) is 5.91 Å². The van der Waals surface area contributed by atoms with Gasteiger partial charge in [-0.25, -0.2) is 4.98 Å². The molecule has 6 nitrogen and oxygen atoms in total. The van der Waals surface area contributed by atoms with Gasteiger partial charge in [0.15, 0.2) is 0 Å². The van der Waals surface area contributed by atoms with E-state index in [0.717, 1.165) is 29.6 Å². The van der Waals surface area contributed by atoms with E-state index >= 15 is 0 Å². The number of benzene rings is 2. The number of carbonyl (C=O) groups excluding carboxylic acids is 1. The summed E-state index contributed by atoms with van der Waals surface area (Å²) in [4.78, 5) is 21.6. The van der Waals surface area contributed by atoms with Crippen molar-refractivity contribution in [3.05, 3.63) is 64.7 Å². The quantitative estimate of drug-likeness (QED) is 0.604. The fourth-order valence-electron chi connectivity index (χ4n) is 3.83. The number of nitrogens with zero attached hydrogens (tertiary/aromatic N) is 4. The van der Waals surface area contributed by atoms with Crippen molar-refractivity contribution in [2.45, 2.75) is 13.3 Å². The largest absolute Gasteiger partial charge is 0.494 e. The SMILES string of the molecule is CCOc1ccc2nc(N3CCCN(C(=O)c4ccc(Cl)cc4)CC3)c(C#N)cc2c1. The minimum absolute atomic E-state index is 0.00560. The first-order valence-electron chi connectivity index (χ1n) is 10.4. The number of halogens is 1. The Hall–Kier alpha value is -3.30. The molecule has 1 amide bonds. The van der Waals surface area contributed by atoms with E-state index in [9.17, 15) is 10.1 Å². The topological polar surface area (TPSA) is 69.5 Å². The molecule has 0 saturated carbocycles. The number of fused-ring (bicyclic) bond motifs is 1. The van der Waals surface area contributed by atoms with Crippen LogP contribution in [0, 0.1) is 11.3 Å². The van der Waals surface area contributed by atoms with Crippen LogP contribution in [0.2, 0.25) is 5.02 Å². The first-order chi connectivity index (χ1) is 15.1. The molecule has 2 heterocycles. The van der Waals surface area contributed by atoms with Crippen molar-refractivity contribution in [3.8, 4) is 11.8 Å². The number of carbonyl (C=O) groups is 1. The highest BCUT2D eigenvalue weighted by Gasteiger charge is 2.23. The number of ether oxygens (including phenoxy) is 1. The molecule has 0 aliphatic carbocycles. The average molecular weight is 435 g/mol. The fourth-order valence-corrected chi connectivity index (χ4v) is 3.96. The lowest BCUT2D eigenvalue weighted by Gasteiger charge is -2.24. The Kier molecular flexibility index (Phi) is 6.24. The van der Waals surface area contributed by atoms with Crippen molar-refractivity contribution in [2.24, 2.45) is 0 Å². The van der Waals surface area contributed by atoms with E-state index in [-0.39, 0.29) is 5.91 Å². The number of pyridine rings is 1. The molecule has 31 heavy (non-hydrogen) atoms. The lowest BCUT2D eigenvalue weighted by molar-refractivity contribution is 0.0767. The van der Waals surface area contributed by atoms with Crippen LogP contribution in [0.15, 0.2) is 48.5 Å². The molecule has 2 aromatic carbocycles. The molecule has 1 fully saturated rings. The second-order valence-electron chi connectivity index (χ2n) is 7.40. The molecule has 0 atom stereocenters. The second-order valence-corrected chi connectivity index (χ2v) is 7.83. The molecule has 4 rings (SSSR count). The number of anilines is 1. The zero-order valence-electron chi connectivity index (χ0n) is 17.3. The number of nitriles is 1. The van der Waals surface area contributed by atoms with Crippen LogP contribution in [-0.4, -0.2) is 48.6 Å². The van der Waals surface area contributed by atoms with Crippen molar-refractivity contribution in [1.82, 2.24) is 9.88 Å². The first-order valence-corrected chi connectivity index (χ1v) is 10.7. The van der Waals surface area contributed by atoms with Gasteiger partial charge in [0.2, 0.25) is 0 Å². The van der Waals surface area contributed by atoms with E-state index in [1.165, 1.54) is 0 Å². The molecule has 1 aromatic heterocycles. The Morgan fingerprint density at radius 3 is 2.68 bits per heavy atom. The summed E-state index contributed by atoms with van der Waals surface area (Å²) in [5, 5.41) is 11.2. The van der Waals surface area contributed by atoms with E-state index in [1.54, 1.807) is 24.3 Å². The number of rotatable bonds is 4. The van der Waals surface area contributed by atoms with Crippen LogP contribution < -0.4 is 9.64 Å². The third-order valence-electron chi connectivity index (χ3n) is 5.37. The molecule has 1 aliphatic heterocycles. The van der Waals surface area contributed by atoms with Gasteiger partial charge in [0, 0.05) is 42.2 Å². The fraction of sp³-hybridized carbons (Fsp3) is 0.292. The van der Waals surface area contributed by atoms with Gasteiger partial charge in [-0.2, -0.15) is 5.26 Å². The molecule has 1 aliphatic rings. The normalized spacial score (nSPS) is 14.2. The number of hydrogen-bond acceptors (Lipinski definition) is 5. The van der Waals surface area contributed by atoms with Crippen LogP contribution >= 0.6 is 11.6 Å². The third-order valence-corrected chi connectivity index (χ3v) is 5.62. The molecular weight excluding hydrogens is 412 g/mol. The van der Waals surface area contributed by atoms with Gasteiger partial charge in [-0.05, 0) is 61.9 Å². The van der Waals surface area contributed by atoms with Gasteiger partial charge in [-0.3, -0.25) is 4.79 Å². The molecule has 0 N–H and O–H groups in total. The van der Waals surface area contributed by atoms with Crippen LogP contribution in [0.4, 0.5) is 5.82 Å². The second kappa shape index (κ2) is 9.23. The average Bonchev–Trinajstić information content (AvgIpc) is 3.04. The van der Waals surface area contributed by atoms with Crippen molar-refractivity contribution in [2.75, 3.05) is 37.7 Å². The number of aromatic nitrogens is 1. The van der Waals surface area contributed by atoms with E-state index in [0.29, 0.717) is 48.2 Å². The van der Waals surface area contributed by atoms with Crippen molar-refractivity contribution in [3.63, 3.8) is 0 Å². The van der Waals surface area contributed by atoms with Gasteiger partial charge in [0.05, 0.1) is 17.7 Å². The first kappa shape index (κ1) is 21.0. The molecule has 0 bridgehead atoms. The summed E-state index contributed by atoms with van der Waals surface area (Å²) in [7, 11) is 0. The minimum atomic E-state index is -0.00560. The Bertz CT molecular complexity index is 1140. The van der Waals surface area contributed by atoms with Crippen LogP contribution in [0.3, 0.4) is 0 Å². The third kappa shape index (κ3) is 4.57. The molecule has 7 heteroatoms. The van der Waals surface area contributed by atoms with E-state index in [4.69, 9.17) is 21.3 Å². The van der Waals surface area contributed by atoms with E-state index < -0.39 is 0 Å². The predicted octanol–water partition coefficient (Wildman–Crippen LogP) is 4.51. The highest BCUT2D eigenvalue weighted by Crippen LogP contribution is 2.27. The van der Waals surface area contributed by atoms with Crippen LogP contribution in [0.1, 0.15) is 29.3 Å². The molecule has 1 saturated heterocycles. The van der Waals surface area contributed by atoms with Crippen molar-refractivity contribution in [1.29, 1.82) is 5.26 Å². The lowest BCUT2D eigenvalue weighted by Crippen LogP contribution is -2.35. The van der Waals surface area contributed by atoms with Crippen LogP contribution in [0.25, 0.3) is 10.9 Å². The summed E-state index contributed by atoms with van der Waals surface area (Å²) in [6.45, 7) is 5.09. The lowest BCUT2D eigenvalue weighted by atomic mass is 10.1. The maximum absolute atomic E-state index is 12.9. The summed E-state index contributed by atoms with van der Waals surface area (Å²) in [6.07, 6.45) is 0.799. The standard InChI is InChI=1S/C24H23ClN4O2/c1-2-31-21-8-9-22-18(15-21)14-19(16-26)23(27-22)28-10-3-11-29(13-12-28)24(30)17-4-6-20(25)7-5-17/h4-9,14-15H,2-3,10-13H2,1H3. The zero-order chi connectivity index (χ0) is 21.8. The molecule has 0 spiro atoms. The maximum atomic E-state index is 12.9. The molecule has 158 valence electrons.